The lowest BCUT2D eigenvalue weighted by atomic mass is 10.2. The van der Waals surface area contributed by atoms with Gasteiger partial charge in [0.25, 0.3) is 0 Å². The maximum atomic E-state index is 5.88. The van der Waals surface area contributed by atoms with Gasteiger partial charge in [-0.25, -0.2) is 0 Å². The molecule has 0 saturated heterocycles. The van der Waals surface area contributed by atoms with Crippen LogP contribution in [0.3, 0.4) is 0 Å². The fourth-order valence-corrected chi connectivity index (χ4v) is 2.36. The van der Waals surface area contributed by atoms with E-state index in [0.717, 1.165) is 16.3 Å². The van der Waals surface area contributed by atoms with Crippen molar-refractivity contribution in [3.63, 3.8) is 0 Å². The first kappa shape index (κ1) is 11.0. The molecular weight excluding hydrogens is 216 g/mol. The first-order chi connectivity index (χ1) is 7.75. The molecule has 0 amide bonds. The highest BCUT2D eigenvalue weighted by molar-refractivity contribution is 7.98. The van der Waals surface area contributed by atoms with E-state index >= 15 is 0 Å². The smallest absolute Gasteiger partial charge is 0.0452 e. The van der Waals surface area contributed by atoms with Crippen LogP contribution < -0.4 is 5.73 Å². The molecule has 0 bridgehead atoms. The number of nitrogens with zero attached hydrogens (tertiary/aromatic N) is 1. The number of hydrogen-bond acceptors (Lipinski definition) is 3. The van der Waals surface area contributed by atoms with Gasteiger partial charge in [-0.3, -0.25) is 4.98 Å². The number of thioether (sulfide) groups is 1. The lowest BCUT2D eigenvalue weighted by Crippen LogP contribution is -1.89. The first-order valence-electron chi connectivity index (χ1n) is 5.13. The second-order valence-corrected chi connectivity index (χ2v) is 4.71. The van der Waals surface area contributed by atoms with Crippen LogP contribution in [0, 0.1) is 6.92 Å². The third-order valence-electron chi connectivity index (χ3n) is 2.24. The molecule has 2 rings (SSSR count). The molecule has 0 spiro atoms. The zero-order valence-electron chi connectivity index (χ0n) is 9.18. The normalized spacial score (nSPS) is 10.3. The van der Waals surface area contributed by atoms with E-state index < -0.39 is 0 Å². The molecule has 2 aromatic rings. The molecule has 0 fully saturated rings. The van der Waals surface area contributed by atoms with E-state index in [0.29, 0.717) is 0 Å². The molecule has 0 atom stereocenters. The Kier molecular flexibility index (Phi) is 3.47. The summed E-state index contributed by atoms with van der Waals surface area (Å²) >= 11 is 1.74. The number of anilines is 1. The molecule has 0 aliphatic heterocycles. The lowest BCUT2D eigenvalue weighted by Gasteiger charge is -2.05. The number of para-hydroxylation sites is 1. The standard InChI is InChI=1S/C13H14N2S/c1-10-6-11(8-15-7-10)9-16-13-5-3-2-4-12(13)14/h2-8H,9,14H2,1H3. The van der Waals surface area contributed by atoms with E-state index in [4.69, 9.17) is 5.73 Å². The van der Waals surface area contributed by atoms with E-state index in [1.165, 1.54) is 11.1 Å². The fourth-order valence-electron chi connectivity index (χ4n) is 1.47. The number of benzene rings is 1. The van der Waals surface area contributed by atoms with Crippen LogP contribution in [-0.4, -0.2) is 4.98 Å². The van der Waals surface area contributed by atoms with Crippen molar-refractivity contribution in [3.05, 3.63) is 53.9 Å². The Hall–Kier alpha value is -1.48. The van der Waals surface area contributed by atoms with Gasteiger partial charge in [0.2, 0.25) is 0 Å². The van der Waals surface area contributed by atoms with Crippen LogP contribution in [0.1, 0.15) is 11.1 Å². The molecule has 0 aliphatic rings. The molecule has 2 N–H and O–H groups in total. The van der Waals surface area contributed by atoms with Crippen LogP contribution >= 0.6 is 11.8 Å². The quantitative estimate of drug-likeness (QED) is 0.649. The van der Waals surface area contributed by atoms with Gasteiger partial charge < -0.3 is 5.73 Å². The third kappa shape index (κ3) is 2.76. The number of aromatic nitrogens is 1. The summed E-state index contributed by atoms with van der Waals surface area (Å²) in [4.78, 5) is 5.30. The van der Waals surface area contributed by atoms with Crippen molar-refractivity contribution in [1.82, 2.24) is 4.98 Å². The predicted molar refractivity (Wildman–Crippen MR) is 69.4 cm³/mol. The number of aryl methyl sites for hydroxylation is 1. The number of pyridine rings is 1. The van der Waals surface area contributed by atoms with E-state index in [9.17, 15) is 0 Å². The van der Waals surface area contributed by atoms with Gasteiger partial charge in [0.05, 0.1) is 0 Å². The fraction of sp³-hybridized carbons (Fsp3) is 0.154. The van der Waals surface area contributed by atoms with Crippen LogP contribution in [0.25, 0.3) is 0 Å². The van der Waals surface area contributed by atoms with Gasteiger partial charge in [-0.1, -0.05) is 18.2 Å². The Balaban J connectivity index is 2.05. The topological polar surface area (TPSA) is 38.9 Å². The monoisotopic (exact) mass is 230 g/mol. The van der Waals surface area contributed by atoms with E-state index in [1.54, 1.807) is 11.8 Å². The van der Waals surface area contributed by atoms with Gasteiger partial charge in [-0.15, -0.1) is 11.8 Å². The van der Waals surface area contributed by atoms with Crippen molar-refractivity contribution in [3.8, 4) is 0 Å². The number of nitrogens with two attached hydrogens (primary N) is 1. The molecule has 82 valence electrons. The second-order valence-electron chi connectivity index (χ2n) is 3.70. The molecule has 1 heterocycles. The summed E-state index contributed by atoms with van der Waals surface area (Å²) in [6.07, 6.45) is 3.77. The Morgan fingerprint density at radius 2 is 2.06 bits per heavy atom. The summed E-state index contributed by atoms with van der Waals surface area (Å²) < 4.78 is 0. The first-order valence-corrected chi connectivity index (χ1v) is 6.12. The van der Waals surface area contributed by atoms with Gasteiger partial charge in [0.1, 0.15) is 0 Å². The van der Waals surface area contributed by atoms with E-state index in [2.05, 4.69) is 18.0 Å². The molecule has 0 radical (unpaired) electrons. The maximum absolute atomic E-state index is 5.88. The van der Waals surface area contributed by atoms with Crippen molar-refractivity contribution in [2.45, 2.75) is 17.6 Å². The molecular formula is C13H14N2S. The molecule has 1 aromatic carbocycles. The van der Waals surface area contributed by atoms with Crippen LogP contribution in [0.5, 0.6) is 0 Å². The average Bonchev–Trinajstić information content (AvgIpc) is 2.28. The Labute approximate surface area is 99.9 Å². The van der Waals surface area contributed by atoms with Gasteiger partial charge in [0.15, 0.2) is 0 Å². The summed E-state index contributed by atoms with van der Waals surface area (Å²) in [5.74, 6) is 0.906. The van der Waals surface area contributed by atoms with Crippen molar-refractivity contribution in [1.29, 1.82) is 0 Å². The summed E-state index contributed by atoms with van der Waals surface area (Å²) in [6, 6.07) is 10.1. The zero-order chi connectivity index (χ0) is 11.4. The van der Waals surface area contributed by atoms with Gasteiger partial charge in [-0.2, -0.15) is 0 Å². The molecule has 16 heavy (non-hydrogen) atoms. The summed E-state index contributed by atoms with van der Waals surface area (Å²) in [6.45, 7) is 2.05. The molecule has 0 unspecified atom stereocenters. The molecule has 1 aromatic heterocycles. The van der Waals surface area contributed by atoms with Crippen LogP contribution in [0.2, 0.25) is 0 Å². The molecule has 3 heteroatoms. The van der Waals surface area contributed by atoms with Gasteiger partial charge >= 0.3 is 0 Å². The third-order valence-corrected chi connectivity index (χ3v) is 3.41. The number of rotatable bonds is 3. The van der Waals surface area contributed by atoms with Crippen molar-refractivity contribution < 1.29 is 0 Å². The van der Waals surface area contributed by atoms with Crippen molar-refractivity contribution >= 4 is 17.4 Å². The highest BCUT2D eigenvalue weighted by Crippen LogP contribution is 2.27. The maximum Gasteiger partial charge on any atom is 0.0452 e. The molecule has 0 aliphatic carbocycles. The zero-order valence-corrected chi connectivity index (χ0v) is 10.00. The Bertz CT molecular complexity index is 483. The minimum Gasteiger partial charge on any atom is -0.398 e. The Morgan fingerprint density at radius 3 is 2.81 bits per heavy atom. The largest absolute Gasteiger partial charge is 0.398 e. The molecule has 0 saturated carbocycles. The van der Waals surface area contributed by atoms with Crippen LogP contribution in [0.15, 0.2) is 47.6 Å². The molecule has 2 nitrogen and oxygen atoms in total. The summed E-state index contributed by atoms with van der Waals surface area (Å²) in [5, 5.41) is 0. The highest BCUT2D eigenvalue weighted by Gasteiger charge is 2.00. The van der Waals surface area contributed by atoms with Crippen molar-refractivity contribution in [2.24, 2.45) is 0 Å². The number of nitrogen functional groups attached to an aromatic ring is 1. The SMILES string of the molecule is Cc1cncc(CSc2ccccc2N)c1. The summed E-state index contributed by atoms with van der Waals surface area (Å²) in [5.41, 5.74) is 9.14. The lowest BCUT2D eigenvalue weighted by molar-refractivity contribution is 1.20. The van der Waals surface area contributed by atoms with Gasteiger partial charge in [-0.05, 0) is 30.2 Å². The minimum absolute atomic E-state index is 0.841. The van der Waals surface area contributed by atoms with E-state index in [-0.39, 0.29) is 0 Å². The summed E-state index contributed by atoms with van der Waals surface area (Å²) in [7, 11) is 0. The van der Waals surface area contributed by atoms with Crippen molar-refractivity contribution in [2.75, 3.05) is 5.73 Å². The second kappa shape index (κ2) is 5.03. The van der Waals surface area contributed by atoms with Gasteiger partial charge in [0, 0.05) is 28.7 Å². The number of hydrogen-bond donors (Lipinski definition) is 1. The minimum atomic E-state index is 0.841. The van der Waals surface area contributed by atoms with Crippen LogP contribution in [-0.2, 0) is 5.75 Å². The average molecular weight is 230 g/mol. The van der Waals surface area contributed by atoms with E-state index in [1.807, 2.05) is 36.7 Å². The van der Waals surface area contributed by atoms with Crippen LogP contribution in [0.4, 0.5) is 5.69 Å². The predicted octanol–water partition coefficient (Wildman–Crippen LogP) is 3.26. The highest BCUT2D eigenvalue weighted by atomic mass is 32.2. The Morgan fingerprint density at radius 1 is 1.25 bits per heavy atom.